The molecule has 0 saturated heterocycles. The van der Waals surface area contributed by atoms with Crippen molar-refractivity contribution in [1.29, 1.82) is 0 Å². The van der Waals surface area contributed by atoms with E-state index in [1.165, 1.54) is 0 Å². The number of nitrogens with two attached hydrogens (primary N) is 1. The van der Waals surface area contributed by atoms with Crippen molar-refractivity contribution in [2.45, 2.75) is 27.7 Å². The summed E-state index contributed by atoms with van der Waals surface area (Å²) in [5.41, 5.74) is 8.91. The van der Waals surface area contributed by atoms with E-state index in [0.717, 1.165) is 17.0 Å². The van der Waals surface area contributed by atoms with E-state index >= 15 is 0 Å². The van der Waals surface area contributed by atoms with Gasteiger partial charge in [-0.3, -0.25) is 4.99 Å². The standard InChI is InChI=1S/C9H18N2/c1-6(2)9(10)7(3)8(4)11-5/h6H,10H2,1-5H3/b9-7-,11-8?. The summed E-state index contributed by atoms with van der Waals surface area (Å²) in [6, 6.07) is 0. The van der Waals surface area contributed by atoms with Crippen LogP contribution in [0.2, 0.25) is 0 Å². The average Bonchev–Trinajstić information content (AvgIpc) is 2.00. The third-order valence-corrected chi connectivity index (χ3v) is 1.93. The largest absolute Gasteiger partial charge is 0.402 e. The summed E-state index contributed by atoms with van der Waals surface area (Å²) in [5.74, 6) is 0.409. The van der Waals surface area contributed by atoms with Crippen LogP contribution in [-0.2, 0) is 0 Å². The molecule has 2 heteroatoms. The fourth-order valence-electron chi connectivity index (χ4n) is 0.810. The number of aliphatic imine (C=N–C) groups is 1. The molecule has 0 heterocycles. The maximum Gasteiger partial charge on any atom is 0.0360 e. The van der Waals surface area contributed by atoms with Gasteiger partial charge in [-0.2, -0.15) is 0 Å². The lowest BCUT2D eigenvalue weighted by Crippen LogP contribution is -2.11. The summed E-state index contributed by atoms with van der Waals surface area (Å²) in [7, 11) is 1.78. The second-order valence-electron chi connectivity index (χ2n) is 3.04. The molecule has 0 aromatic rings. The highest BCUT2D eigenvalue weighted by molar-refractivity contribution is 5.98. The summed E-state index contributed by atoms with van der Waals surface area (Å²) in [4.78, 5) is 4.07. The van der Waals surface area contributed by atoms with Crippen LogP contribution < -0.4 is 5.73 Å². The van der Waals surface area contributed by atoms with Crippen molar-refractivity contribution in [3.63, 3.8) is 0 Å². The Hall–Kier alpha value is -0.790. The molecule has 0 aromatic heterocycles. The van der Waals surface area contributed by atoms with Gasteiger partial charge in [-0.25, -0.2) is 0 Å². The third-order valence-electron chi connectivity index (χ3n) is 1.93. The van der Waals surface area contributed by atoms with Crippen LogP contribution in [0.5, 0.6) is 0 Å². The van der Waals surface area contributed by atoms with Crippen LogP contribution in [0.25, 0.3) is 0 Å². The lowest BCUT2D eigenvalue weighted by molar-refractivity contribution is 0.750. The minimum Gasteiger partial charge on any atom is -0.402 e. The summed E-state index contributed by atoms with van der Waals surface area (Å²) in [6.45, 7) is 8.16. The first-order valence-corrected chi connectivity index (χ1v) is 3.90. The molecule has 0 aliphatic heterocycles. The summed E-state index contributed by atoms with van der Waals surface area (Å²) >= 11 is 0. The van der Waals surface area contributed by atoms with Crippen molar-refractivity contribution in [3.8, 4) is 0 Å². The number of rotatable bonds is 2. The van der Waals surface area contributed by atoms with Crippen molar-refractivity contribution >= 4 is 5.71 Å². The van der Waals surface area contributed by atoms with Crippen molar-refractivity contribution in [1.82, 2.24) is 0 Å². The van der Waals surface area contributed by atoms with Crippen LogP contribution in [-0.4, -0.2) is 12.8 Å². The fourth-order valence-corrected chi connectivity index (χ4v) is 0.810. The Labute approximate surface area is 69.2 Å². The van der Waals surface area contributed by atoms with Crippen LogP contribution in [0, 0.1) is 5.92 Å². The molecule has 0 bridgehead atoms. The maximum absolute atomic E-state index is 5.84. The second kappa shape index (κ2) is 4.16. The first-order chi connectivity index (χ1) is 5.00. The fraction of sp³-hybridized carbons (Fsp3) is 0.667. The molecule has 0 aliphatic carbocycles. The van der Waals surface area contributed by atoms with Crippen molar-refractivity contribution in [3.05, 3.63) is 11.3 Å². The van der Waals surface area contributed by atoms with Gasteiger partial charge >= 0.3 is 0 Å². The molecular weight excluding hydrogens is 136 g/mol. The van der Waals surface area contributed by atoms with Crippen LogP contribution in [0.3, 0.4) is 0 Å². The molecule has 0 aliphatic rings. The molecule has 0 saturated carbocycles. The van der Waals surface area contributed by atoms with Gasteiger partial charge in [0.2, 0.25) is 0 Å². The third kappa shape index (κ3) is 2.74. The lowest BCUT2D eigenvalue weighted by Gasteiger charge is -2.09. The Bertz CT molecular complexity index is 188. The molecular formula is C9H18N2. The number of nitrogens with zero attached hydrogens (tertiary/aromatic N) is 1. The summed E-state index contributed by atoms with van der Waals surface area (Å²) < 4.78 is 0. The quantitative estimate of drug-likeness (QED) is 0.607. The van der Waals surface area contributed by atoms with Crippen LogP contribution in [0.1, 0.15) is 27.7 Å². The van der Waals surface area contributed by atoms with E-state index in [4.69, 9.17) is 5.73 Å². The van der Waals surface area contributed by atoms with Gasteiger partial charge in [-0.15, -0.1) is 0 Å². The van der Waals surface area contributed by atoms with E-state index in [-0.39, 0.29) is 0 Å². The first kappa shape index (κ1) is 10.2. The summed E-state index contributed by atoms with van der Waals surface area (Å²) in [5, 5.41) is 0. The molecule has 0 fully saturated rings. The van der Waals surface area contributed by atoms with Gasteiger partial charge in [-0.1, -0.05) is 13.8 Å². The molecule has 0 rings (SSSR count). The Balaban J connectivity index is 4.67. The molecule has 0 unspecified atom stereocenters. The molecule has 0 aromatic carbocycles. The molecule has 0 spiro atoms. The zero-order valence-corrected chi connectivity index (χ0v) is 8.10. The van der Waals surface area contributed by atoms with Crippen molar-refractivity contribution in [2.75, 3.05) is 7.05 Å². The molecule has 11 heavy (non-hydrogen) atoms. The lowest BCUT2D eigenvalue weighted by atomic mass is 10.0. The summed E-state index contributed by atoms with van der Waals surface area (Å²) in [6.07, 6.45) is 0. The van der Waals surface area contributed by atoms with Gasteiger partial charge in [0.1, 0.15) is 0 Å². The number of allylic oxidation sites excluding steroid dienone is 2. The Morgan fingerprint density at radius 2 is 1.73 bits per heavy atom. The SMILES string of the molecule is CN=C(C)/C(C)=C(\N)C(C)C. The van der Waals surface area contributed by atoms with Crippen molar-refractivity contribution < 1.29 is 0 Å². The highest BCUT2D eigenvalue weighted by Crippen LogP contribution is 2.09. The van der Waals surface area contributed by atoms with E-state index in [2.05, 4.69) is 18.8 Å². The Kier molecular flexibility index (Phi) is 3.86. The first-order valence-electron chi connectivity index (χ1n) is 3.90. The zero-order valence-electron chi connectivity index (χ0n) is 8.10. The van der Waals surface area contributed by atoms with Crippen LogP contribution in [0.4, 0.5) is 0 Å². The molecule has 0 radical (unpaired) electrons. The predicted molar refractivity (Wildman–Crippen MR) is 50.8 cm³/mol. The van der Waals surface area contributed by atoms with Gasteiger partial charge in [-0.05, 0) is 25.3 Å². The minimum atomic E-state index is 0.409. The minimum absolute atomic E-state index is 0.409. The molecule has 0 atom stereocenters. The molecule has 0 amide bonds. The van der Waals surface area contributed by atoms with Gasteiger partial charge < -0.3 is 5.73 Å². The van der Waals surface area contributed by atoms with E-state index in [1.807, 2.05) is 13.8 Å². The number of hydrogen-bond acceptors (Lipinski definition) is 2. The van der Waals surface area contributed by atoms with Gasteiger partial charge in [0.15, 0.2) is 0 Å². The van der Waals surface area contributed by atoms with E-state index in [0.29, 0.717) is 5.92 Å². The number of hydrogen-bond donors (Lipinski definition) is 1. The second-order valence-corrected chi connectivity index (χ2v) is 3.04. The van der Waals surface area contributed by atoms with E-state index in [1.54, 1.807) is 7.05 Å². The molecule has 2 N–H and O–H groups in total. The van der Waals surface area contributed by atoms with E-state index < -0.39 is 0 Å². The highest BCUT2D eigenvalue weighted by Gasteiger charge is 2.03. The smallest absolute Gasteiger partial charge is 0.0360 e. The normalized spacial score (nSPS) is 15.3. The monoisotopic (exact) mass is 154 g/mol. The molecule has 64 valence electrons. The van der Waals surface area contributed by atoms with Gasteiger partial charge in [0.25, 0.3) is 0 Å². The maximum atomic E-state index is 5.84. The van der Waals surface area contributed by atoms with Crippen molar-refractivity contribution in [2.24, 2.45) is 16.6 Å². The molecule has 2 nitrogen and oxygen atoms in total. The predicted octanol–water partition coefficient (Wildman–Crippen LogP) is 1.97. The van der Waals surface area contributed by atoms with Gasteiger partial charge in [0.05, 0.1) is 0 Å². The average molecular weight is 154 g/mol. The zero-order chi connectivity index (χ0) is 9.02. The topological polar surface area (TPSA) is 38.4 Å². The Morgan fingerprint density at radius 3 is 2.00 bits per heavy atom. The van der Waals surface area contributed by atoms with E-state index in [9.17, 15) is 0 Å². The highest BCUT2D eigenvalue weighted by atomic mass is 14.7. The van der Waals surface area contributed by atoms with Crippen LogP contribution in [0.15, 0.2) is 16.3 Å². The van der Waals surface area contributed by atoms with Crippen LogP contribution >= 0.6 is 0 Å². The Morgan fingerprint density at radius 1 is 1.27 bits per heavy atom. The van der Waals surface area contributed by atoms with Gasteiger partial charge in [0, 0.05) is 18.5 Å².